The molecule has 0 aromatic heterocycles. The molecular weight excluding hydrogens is 302 g/mol. The third-order valence-electron chi connectivity index (χ3n) is 4.44. The van der Waals surface area contributed by atoms with Crippen LogP contribution in [0.25, 0.3) is 0 Å². The molecule has 0 aliphatic carbocycles. The number of nitrogens with zero attached hydrogens (tertiary/aromatic N) is 1. The molecule has 0 spiro atoms. The summed E-state index contributed by atoms with van der Waals surface area (Å²) in [6.45, 7) is 7.90. The molecule has 0 aromatic rings. The Hall–Kier alpha value is -0.910. The summed E-state index contributed by atoms with van der Waals surface area (Å²) < 4.78 is 0. The van der Waals surface area contributed by atoms with E-state index in [2.05, 4.69) is 13.5 Å². The smallest absolute Gasteiger partial charge is 0.321 e. The summed E-state index contributed by atoms with van der Waals surface area (Å²) in [4.78, 5) is 13.2. The monoisotopic (exact) mass is 341 g/mol. The zero-order valence-electron chi connectivity index (χ0n) is 15.8. The summed E-state index contributed by atoms with van der Waals surface area (Å²) in [5.41, 5.74) is 11.8. The van der Waals surface area contributed by atoms with Crippen LogP contribution in [0.2, 0.25) is 0 Å². The minimum absolute atomic E-state index is 0.373. The molecule has 24 heavy (non-hydrogen) atoms. The van der Waals surface area contributed by atoms with Crippen LogP contribution in [0.1, 0.15) is 84.5 Å². The molecule has 0 heterocycles. The predicted molar refractivity (Wildman–Crippen MR) is 102 cm³/mol. The third-order valence-corrected chi connectivity index (χ3v) is 4.44. The van der Waals surface area contributed by atoms with E-state index in [0.29, 0.717) is 13.0 Å². The van der Waals surface area contributed by atoms with Gasteiger partial charge in [0.2, 0.25) is 0 Å². The normalized spacial score (nSPS) is 13.2. The number of nitrogens with two attached hydrogens (primary N) is 2. The zero-order valence-corrected chi connectivity index (χ0v) is 15.8. The highest BCUT2D eigenvalue weighted by molar-refractivity contribution is 5.73. The number of carboxylic acids is 1. The lowest BCUT2D eigenvalue weighted by molar-refractivity contribution is -0.146. The van der Waals surface area contributed by atoms with E-state index < -0.39 is 17.8 Å². The van der Waals surface area contributed by atoms with Crippen molar-refractivity contribution in [3.63, 3.8) is 0 Å². The summed E-state index contributed by atoms with van der Waals surface area (Å²) >= 11 is 0. The number of unbranched alkanes of at least 4 members (excludes halogenated alkanes) is 9. The van der Waals surface area contributed by atoms with Gasteiger partial charge in [-0.1, -0.05) is 77.2 Å². The second-order valence-electron chi connectivity index (χ2n) is 6.99. The lowest BCUT2D eigenvalue weighted by Crippen LogP contribution is -2.65. The van der Waals surface area contributed by atoms with Crippen LogP contribution in [0.5, 0.6) is 0 Å². The summed E-state index contributed by atoms with van der Waals surface area (Å²) in [5.74, 6) is -2.02. The lowest BCUT2D eigenvalue weighted by atomic mass is 10.0. The van der Waals surface area contributed by atoms with E-state index in [1.807, 2.05) is 0 Å². The Morgan fingerprint density at radius 2 is 1.54 bits per heavy atom. The zero-order chi connectivity index (χ0) is 18.4. The van der Waals surface area contributed by atoms with Crippen LogP contribution in [0.15, 0.2) is 12.7 Å². The van der Waals surface area contributed by atoms with Crippen molar-refractivity contribution in [1.82, 2.24) is 4.90 Å². The molecule has 5 nitrogen and oxygen atoms in total. The van der Waals surface area contributed by atoms with Gasteiger partial charge in [-0.2, -0.15) is 0 Å². The Bertz CT molecular complexity index is 340. The van der Waals surface area contributed by atoms with Crippen molar-refractivity contribution < 1.29 is 9.90 Å². The van der Waals surface area contributed by atoms with Crippen LogP contribution in [0, 0.1) is 0 Å². The van der Waals surface area contributed by atoms with Gasteiger partial charge in [-0.3, -0.25) is 9.69 Å². The second kappa shape index (κ2) is 13.4. The SMILES string of the molecule is C=CCN([C@@H](CCCCCCCCCCCC)C(=O)O)C(C)(N)N. The van der Waals surface area contributed by atoms with E-state index in [1.165, 1.54) is 51.4 Å². The first-order chi connectivity index (χ1) is 11.3. The molecule has 5 N–H and O–H groups in total. The van der Waals surface area contributed by atoms with Gasteiger partial charge in [0.25, 0.3) is 0 Å². The van der Waals surface area contributed by atoms with Crippen molar-refractivity contribution in [2.45, 2.75) is 96.3 Å². The number of hydrogen-bond donors (Lipinski definition) is 3. The quantitative estimate of drug-likeness (QED) is 0.225. The summed E-state index contributed by atoms with van der Waals surface area (Å²) in [6, 6.07) is -0.656. The molecule has 0 fully saturated rings. The van der Waals surface area contributed by atoms with Gasteiger partial charge in [0.05, 0.1) is 0 Å². The number of rotatable bonds is 16. The van der Waals surface area contributed by atoms with Crippen LogP contribution in [-0.2, 0) is 4.79 Å². The van der Waals surface area contributed by atoms with Gasteiger partial charge in [-0.05, 0) is 13.3 Å². The summed E-state index contributed by atoms with van der Waals surface area (Å²) in [6.07, 6.45) is 14.5. The van der Waals surface area contributed by atoms with E-state index in [0.717, 1.165) is 12.8 Å². The maximum Gasteiger partial charge on any atom is 0.321 e. The maximum atomic E-state index is 11.6. The van der Waals surface area contributed by atoms with E-state index in [1.54, 1.807) is 17.9 Å². The molecule has 142 valence electrons. The largest absolute Gasteiger partial charge is 0.480 e. The molecule has 0 aliphatic rings. The van der Waals surface area contributed by atoms with E-state index >= 15 is 0 Å². The molecule has 5 heteroatoms. The highest BCUT2D eigenvalue weighted by Crippen LogP contribution is 2.17. The first kappa shape index (κ1) is 23.1. The Balaban J connectivity index is 4.01. The van der Waals surface area contributed by atoms with Gasteiger partial charge in [-0.15, -0.1) is 6.58 Å². The molecule has 0 unspecified atom stereocenters. The third kappa shape index (κ3) is 10.8. The van der Waals surface area contributed by atoms with Gasteiger partial charge in [0.1, 0.15) is 11.8 Å². The van der Waals surface area contributed by atoms with Crippen molar-refractivity contribution in [2.75, 3.05) is 6.54 Å². The molecule has 0 aliphatic heterocycles. The molecule has 0 radical (unpaired) electrons. The van der Waals surface area contributed by atoms with Gasteiger partial charge in [0.15, 0.2) is 0 Å². The topological polar surface area (TPSA) is 92.6 Å². The Morgan fingerprint density at radius 1 is 1.08 bits per heavy atom. The van der Waals surface area contributed by atoms with Crippen molar-refractivity contribution in [3.8, 4) is 0 Å². The molecule has 0 saturated carbocycles. The number of aliphatic carboxylic acids is 1. The average Bonchev–Trinajstić information content (AvgIpc) is 2.50. The van der Waals surface area contributed by atoms with Crippen LogP contribution in [0.3, 0.4) is 0 Å². The number of carbonyl (C=O) groups is 1. The molecule has 0 amide bonds. The average molecular weight is 342 g/mol. The molecular formula is C19H39N3O2. The maximum absolute atomic E-state index is 11.6. The fraction of sp³-hybridized carbons (Fsp3) is 0.842. The molecule has 1 atom stereocenters. The Kier molecular flexibility index (Phi) is 12.9. The molecule has 0 rings (SSSR count). The lowest BCUT2D eigenvalue weighted by Gasteiger charge is -2.38. The van der Waals surface area contributed by atoms with E-state index in [9.17, 15) is 9.90 Å². The predicted octanol–water partition coefficient (Wildman–Crippen LogP) is 3.83. The molecule has 0 aromatic carbocycles. The van der Waals surface area contributed by atoms with Crippen LogP contribution >= 0.6 is 0 Å². The summed E-state index contributed by atoms with van der Waals surface area (Å²) in [5, 5.41) is 9.49. The highest BCUT2D eigenvalue weighted by atomic mass is 16.4. The van der Waals surface area contributed by atoms with Gasteiger partial charge in [0, 0.05) is 6.54 Å². The van der Waals surface area contributed by atoms with Crippen LogP contribution in [0.4, 0.5) is 0 Å². The van der Waals surface area contributed by atoms with Crippen molar-refractivity contribution in [3.05, 3.63) is 12.7 Å². The summed E-state index contributed by atoms with van der Waals surface area (Å²) in [7, 11) is 0. The Labute approximate surface area is 148 Å². The van der Waals surface area contributed by atoms with Crippen molar-refractivity contribution in [1.29, 1.82) is 0 Å². The van der Waals surface area contributed by atoms with E-state index in [4.69, 9.17) is 11.5 Å². The fourth-order valence-corrected chi connectivity index (χ4v) is 3.04. The molecule has 0 saturated heterocycles. The highest BCUT2D eigenvalue weighted by Gasteiger charge is 2.33. The fourth-order valence-electron chi connectivity index (χ4n) is 3.04. The standard InChI is InChI=1S/C19H39N3O2/c1-4-6-7-8-9-10-11-12-13-14-15-17(18(23)24)22(16-5-2)19(3,20)21/h5,17H,2,4,6-16,20-21H2,1,3H3,(H,23,24)/t17-/m0/s1. The van der Waals surface area contributed by atoms with Crippen LogP contribution < -0.4 is 11.5 Å². The van der Waals surface area contributed by atoms with Gasteiger partial charge in [-0.25, -0.2) is 0 Å². The van der Waals surface area contributed by atoms with Crippen molar-refractivity contribution >= 4 is 5.97 Å². The Morgan fingerprint density at radius 3 is 1.92 bits per heavy atom. The first-order valence-electron chi connectivity index (χ1n) is 9.52. The number of carboxylic acid groups (broad SMARTS) is 1. The first-order valence-corrected chi connectivity index (χ1v) is 9.52. The number of hydrogen-bond acceptors (Lipinski definition) is 4. The van der Waals surface area contributed by atoms with Gasteiger partial charge < -0.3 is 16.6 Å². The minimum atomic E-state index is -1.16. The van der Waals surface area contributed by atoms with Crippen molar-refractivity contribution in [2.24, 2.45) is 11.5 Å². The van der Waals surface area contributed by atoms with Crippen LogP contribution in [-0.4, -0.2) is 34.3 Å². The van der Waals surface area contributed by atoms with E-state index in [-0.39, 0.29) is 0 Å². The second-order valence-corrected chi connectivity index (χ2v) is 6.99. The van der Waals surface area contributed by atoms with Gasteiger partial charge >= 0.3 is 5.97 Å². The molecule has 0 bridgehead atoms. The minimum Gasteiger partial charge on any atom is -0.480 e.